The van der Waals surface area contributed by atoms with Crippen LogP contribution in [0.1, 0.15) is 21.5 Å². The van der Waals surface area contributed by atoms with E-state index in [2.05, 4.69) is 25.3 Å². The van der Waals surface area contributed by atoms with E-state index in [1.54, 1.807) is 18.1 Å². The summed E-state index contributed by atoms with van der Waals surface area (Å²) in [7, 11) is 0. The third-order valence-corrected chi connectivity index (χ3v) is 5.15. The maximum Gasteiger partial charge on any atom is 0.255 e. The van der Waals surface area contributed by atoms with Gasteiger partial charge in [-0.3, -0.25) is 4.79 Å². The van der Waals surface area contributed by atoms with Gasteiger partial charge in [-0.25, -0.2) is 15.0 Å². The van der Waals surface area contributed by atoms with Crippen molar-refractivity contribution in [2.45, 2.75) is 17.7 Å². The van der Waals surface area contributed by atoms with E-state index < -0.39 is 0 Å². The molecule has 2 N–H and O–H groups in total. The van der Waals surface area contributed by atoms with E-state index in [9.17, 15) is 4.79 Å². The van der Waals surface area contributed by atoms with Crippen LogP contribution in [0, 0.1) is 6.92 Å². The first-order valence-corrected chi connectivity index (χ1v) is 9.41. The number of imidazole rings is 1. The first kappa shape index (κ1) is 19.9. The minimum Gasteiger partial charge on any atom is -0.341 e. The normalized spacial score (nSPS) is 10.5. The Labute approximate surface area is 172 Å². The number of carbonyl (C=O) groups excluding carboxylic acids is 1. The van der Waals surface area contributed by atoms with Crippen LogP contribution in [-0.4, -0.2) is 25.8 Å². The second-order valence-electron chi connectivity index (χ2n) is 6.09. The van der Waals surface area contributed by atoms with Gasteiger partial charge in [0, 0.05) is 17.0 Å². The van der Waals surface area contributed by atoms with Crippen LogP contribution in [0.4, 0.5) is 5.69 Å². The lowest BCUT2D eigenvalue weighted by molar-refractivity contribution is 0.102. The molecule has 4 aromatic rings. The van der Waals surface area contributed by atoms with Crippen LogP contribution >= 0.6 is 24.2 Å². The van der Waals surface area contributed by atoms with Gasteiger partial charge < -0.3 is 10.3 Å². The van der Waals surface area contributed by atoms with Gasteiger partial charge in [-0.2, -0.15) is 0 Å². The molecule has 0 fully saturated rings. The average molecular weight is 412 g/mol. The molecule has 28 heavy (non-hydrogen) atoms. The standard InChI is InChI=1S/C20H17N5OS.ClH/c1-13-2-8-16(9-3-13)25-19(26)15-6-4-14(5-7-15)10-27-20-17-18(22-11-21-17)23-12-24-20;/h2-9,11-12H,10H2,1H3,(H,25,26)(H,21,22,23,24);1H. The van der Waals surface area contributed by atoms with Crippen LogP contribution < -0.4 is 5.32 Å². The Morgan fingerprint density at radius 2 is 1.79 bits per heavy atom. The fourth-order valence-corrected chi connectivity index (χ4v) is 3.51. The monoisotopic (exact) mass is 411 g/mol. The summed E-state index contributed by atoms with van der Waals surface area (Å²) in [5, 5.41) is 3.77. The number of rotatable bonds is 5. The van der Waals surface area contributed by atoms with E-state index >= 15 is 0 Å². The van der Waals surface area contributed by atoms with Gasteiger partial charge in [-0.1, -0.05) is 41.6 Å². The highest BCUT2D eigenvalue weighted by Crippen LogP contribution is 2.25. The Morgan fingerprint density at radius 3 is 2.54 bits per heavy atom. The second-order valence-corrected chi connectivity index (χ2v) is 7.05. The van der Waals surface area contributed by atoms with Crippen molar-refractivity contribution in [2.75, 3.05) is 5.32 Å². The summed E-state index contributed by atoms with van der Waals surface area (Å²) < 4.78 is 0. The Bertz CT molecular complexity index is 1080. The molecule has 142 valence electrons. The first-order valence-electron chi connectivity index (χ1n) is 8.43. The summed E-state index contributed by atoms with van der Waals surface area (Å²) in [5.41, 5.74) is 5.19. The second kappa shape index (κ2) is 8.86. The number of thioether (sulfide) groups is 1. The van der Waals surface area contributed by atoms with Crippen molar-refractivity contribution in [1.29, 1.82) is 0 Å². The van der Waals surface area contributed by atoms with E-state index in [-0.39, 0.29) is 18.3 Å². The van der Waals surface area contributed by atoms with Gasteiger partial charge in [0.1, 0.15) is 16.9 Å². The number of fused-ring (bicyclic) bond motifs is 1. The number of nitrogens with one attached hydrogen (secondary N) is 2. The highest BCUT2D eigenvalue weighted by atomic mass is 35.5. The van der Waals surface area contributed by atoms with Crippen molar-refractivity contribution in [3.05, 3.63) is 77.9 Å². The molecular weight excluding hydrogens is 394 g/mol. The van der Waals surface area contributed by atoms with Gasteiger partial charge in [0.15, 0.2) is 5.65 Å². The lowest BCUT2D eigenvalue weighted by Crippen LogP contribution is -2.11. The molecule has 8 heteroatoms. The van der Waals surface area contributed by atoms with Crippen molar-refractivity contribution >= 4 is 46.9 Å². The van der Waals surface area contributed by atoms with Crippen LogP contribution in [0.25, 0.3) is 11.2 Å². The minimum absolute atomic E-state index is 0. The molecule has 2 heterocycles. The molecule has 0 aliphatic rings. The molecule has 0 aliphatic heterocycles. The number of carbonyl (C=O) groups is 1. The summed E-state index contributed by atoms with van der Waals surface area (Å²) in [6.07, 6.45) is 3.13. The molecule has 0 bridgehead atoms. The largest absolute Gasteiger partial charge is 0.341 e. The molecular formula is C20H18ClN5OS. The molecule has 0 saturated heterocycles. The van der Waals surface area contributed by atoms with Crippen LogP contribution in [0.3, 0.4) is 0 Å². The van der Waals surface area contributed by atoms with Gasteiger partial charge in [-0.15, -0.1) is 12.4 Å². The van der Waals surface area contributed by atoms with Gasteiger partial charge in [0.2, 0.25) is 0 Å². The fraction of sp³-hybridized carbons (Fsp3) is 0.100. The van der Waals surface area contributed by atoms with Crippen LogP contribution in [0.15, 0.2) is 66.2 Å². The van der Waals surface area contributed by atoms with Crippen molar-refractivity contribution < 1.29 is 4.79 Å². The van der Waals surface area contributed by atoms with Gasteiger partial charge in [0.05, 0.1) is 6.33 Å². The van der Waals surface area contributed by atoms with Crippen molar-refractivity contribution in [3.63, 3.8) is 0 Å². The van der Waals surface area contributed by atoms with Crippen LogP contribution in [0.2, 0.25) is 0 Å². The van der Waals surface area contributed by atoms with Gasteiger partial charge in [0.25, 0.3) is 5.91 Å². The molecule has 0 unspecified atom stereocenters. The number of halogens is 1. The molecule has 2 aromatic carbocycles. The van der Waals surface area contributed by atoms with Crippen molar-refractivity contribution in [1.82, 2.24) is 19.9 Å². The van der Waals surface area contributed by atoms with E-state index in [1.165, 1.54) is 6.33 Å². The Morgan fingerprint density at radius 1 is 1.04 bits per heavy atom. The summed E-state index contributed by atoms with van der Waals surface area (Å²) in [4.78, 5) is 28.0. The first-order chi connectivity index (χ1) is 13.2. The molecule has 0 radical (unpaired) electrons. The van der Waals surface area contributed by atoms with Crippen molar-refractivity contribution in [3.8, 4) is 0 Å². The molecule has 6 nitrogen and oxygen atoms in total. The summed E-state index contributed by atoms with van der Waals surface area (Å²) >= 11 is 1.60. The quantitative estimate of drug-likeness (QED) is 0.369. The molecule has 0 spiro atoms. The summed E-state index contributed by atoms with van der Waals surface area (Å²) in [6, 6.07) is 15.3. The predicted octanol–water partition coefficient (Wildman–Crippen LogP) is 4.63. The van der Waals surface area contributed by atoms with Crippen LogP contribution in [-0.2, 0) is 5.75 Å². The number of amides is 1. The van der Waals surface area contributed by atoms with E-state index in [0.717, 1.165) is 33.1 Å². The number of H-pyrrole nitrogens is 1. The smallest absolute Gasteiger partial charge is 0.255 e. The molecule has 0 aliphatic carbocycles. The zero-order valence-electron chi connectivity index (χ0n) is 15.0. The topological polar surface area (TPSA) is 83.6 Å². The zero-order chi connectivity index (χ0) is 18.6. The minimum atomic E-state index is -0.118. The van der Waals surface area contributed by atoms with Crippen LogP contribution in [0.5, 0.6) is 0 Å². The Hall–Kier alpha value is -2.90. The third-order valence-electron chi connectivity index (χ3n) is 4.09. The van der Waals surface area contributed by atoms with Gasteiger partial charge >= 0.3 is 0 Å². The number of benzene rings is 2. The average Bonchev–Trinajstić information content (AvgIpc) is 3.18. The molecule has 2 aromatic heterocycles. The highest BCUT2D eigenvalue weighted by molar-refractivity contribution is 7.98. The number of aromatic amines is 1. The Kier molecular flexibility index (Phi) is 6.28. The molecule has 0 saturated carbocycles. The van der Waals surface area contributed by atoms with Gasteiger partial charge in [-0.05, 0) is 36.8 Å². The molecule has 1 amide bonds. The SMILES string of the molecule is Cc1ccc(NC(=O)c2ccc(CSc3ncnc4nc[nH]c34)cc2)cc1.Cl. The number of aromatic nitrogens is 4. The van der Waals surface area contributed by atoms with E-state index in [1.807, 2.05) is 55.5 Å². The van der Waals surface area contributed by atoms with E-state index in [4.69, 9.17) is 0 Å². The summed E-state index contributed by atoms with van der Waals surface area (Å²) in [6.45, 7) is 2.02. The summed E-state index contributed by atoms with van der Waals surface area (Å²) in [5.74, 6) is 0.623. The molecule has 4 rings (SSSR count). The lowest BCUT2D eigenvalue weighted by Gasteiger charge is -2.07. The fourth-order valence-electron chi connectivity index (χ4n) is 2.60. The van der Waals surface area contributed by atoms with E-state index in [0.29, 0.717) is 11.2 Å². The maximum absolute atomic E-state index is 12.4. The predicted molar refractivity (Wildman–Crippen MR) is 114 cm³/mol. The number of anilines is 1. The van der Waals surface area contributed by atoms with Crippen molar-refractivity contribution in [2.24, 2.45) is 0 Å². The molecule has 0 atom stereocenters. The number of nitrogens with zero attached hydrogens (tertiary/aromatic N) is 3. The number of hydrogen-bond acceptors (Lipinski definition) is 5. The number of aryl methyl sites for hydroxylation is 1. The lowest BCUT2D eigenvalue weighted by atomic mass is 10.1. The highest BCUT2D eigenvalue weighted by Gasteiger charge is 2.08. The zero-order valence-corrected chi connectivity index (χ0v) is 16.7. The Balaban J connectivity index is 0.00000225. The number of hydrogen-bond donors (Lipinski definition) is 2. The maximum atomic E-state index is 12.4. The third kappa shape index (κ3) is 4.49.